The second-order valence-electron chi connectivity index (χ2n) is 8.29. The van der Waals surface area contributed by atoms with E-state index in [4.69, 9.17) is 4.74 Å². The Bertz CT molecular complexity index is 681. The molecule has 0 aliphatic heterocycles. The van der Waals surface area contributed by atoms with E-state index in [-0.39, 0.29) is 5.92 Å². The Balaban J connectivity index is 2.85. The molecule has 27 heavy (non-hydrogen) atoms. The lowest BCUT2D eigenvalue weighted by atomic mass is 10.0. The first-order valence-corrected chi connectivity index (χ1v) is 10.4. The van der Waals surface area contributed by atoms with E-state index in [2.05, 4.69) is 10.0 Å². The van der Waals surface area contributed by atoms with Crippen LogP contribution in [0.4, 0.5) is 4.79 Å². The average molecular weight is 397 g/mol. The molecule has 1 rings (SSSR count). The number of carbonyl (C=O) groups excluding carboxylic acids is 2. The van der Waals surface area contributed by atoms with Crippen molar-refractivity contribution in [1.82, 2.24) is 10.0 Å². The third kappa shape index (κ3) is 8.56. The summed E-state index contributed by atoms with van der Waals surface area (Å²) in [5.74, 6) is -0.0450. The molecule has 2 amide bonds. The molecule has 2 N–H and O–H groups in total. The van der Waals surface area contributed by atoms with Gasteiger partial charge in [0.05, 0.1) is 4.90 Å². The van der Waals surface area contributed by atoms with Crippen molar-refractivity contribution >= 4 is 23.0 Å². The number of carbonyl (C=O) groups is 2. The summed E-state index contributed by atoms with van der Waals surface area (Å²) in [7, 11) is -1.70. The maximum atomic E-state index is 12.6. The van der Waals surface area contributed by atoms with Gasteiger partial charge in [-0.2, -0.15) is 0 Å². The molecule has 0 radical (unpaired) electrons. The van der Waals surface area contributed by atoms with Crippen molar-refractivity contribution in [2.75, 3.05) is 0 Å². The number of hydrogen-bond acceptors (Lipinski definition) is 4. The quantitative estimate of drug-likeness (QED) is 0.732. The summed E-state index contributed by atoms with van der Waals surface area (Å²) in [6, 6.07) is 6.48. The predicted octanol–water partition coefficient (Wildman–Crippen LogP) is 3.89. The van der Waals surface area contributed by atoms with Crippen LogP contribution < -0.4 is 10.0 Å². The minimum Gasteiger partial charge on any atom is -0.444 e. The van der Waals surface area contributed by atoms with E-state index in [1.807, 2.05) is 45.9 Å². The highest BCUT2D eigenvalue weighted by molar-refractivity contribution is 7.83. The summed E-state index contributed by atoms with van der Waals surface area (Å²) < 4.78 is 20.3. The second-order valence-corrected chi connectivity index (χ2v) is 9.50. The van der Waals surface area contributed by atoms with Gasteiger partial charge < -0.3 is 10.1 Å². The van der Waals surface area contributed by atoms with Crippen LogP contribution >= 0.6 is 0 Å². The van der Waals surface area contributed by atoms with Crippen LogP contribution in [0.3, 0.4) is 0 Å². The van der Waals surface area contributed by atoms with Gasteiger partial charge in [-0.1, -0.05) is 39.8 Å². The Hall–Kier alpha value is -1.89. The summed E-state index contributed by atoms with van der Waals surface area (Å²) >= 11 is 0. The number of nitrogens with one attached hydrogen (secondary N) is 2. The highest BCUT2D eigenvalue weighted by Gasteiger charge is 2.26. The molecule has 0 saturated carbocycles. The van der Waals surface area contributed by atoms with E-state index in [0.29, 0.717) is 17.2 Å². The minimum absolute atomic E-state index is 0.161. The fourth-order valence-corrected chi connectivity index (χ4v) is 3.25. The van der Waals surface area contributed by atoms with Crippen LogP contribution in [-0.4, -0.2) is 27.9 Å². The molecule has 0 heterocycles. The van der Waals surface area contributed by atoms with Crippen LogP contribution in [0.2, 0.25) is 0 Å². The van der Waals surface area contributed by atoms with Crippen LogP contribution in [0.1, 0.15) is 66.4 Å². The molecule has 0 aromatic heterocycles. The maximum absolute atomic E-state index is 12.6. The molecule has 6 nitrogen and oxygen atoms in total. The minimum atomic E-state index is -1.70. The topological polar surface area (TPSA) is 84.5 Å². The first kappa shape index (κ1) is 23.1. The number of hydrogen-bond donors (Lipinski definition) is 2. The summed E-state index contributed by atoms with van der Waals surface area (Å²) in [5.41, 5.74) is 0.379. The van der Waals surface area contributed by atoms with Crippen molar-refractivity contribution in [3.63, 3.8) is 0 Å². The van der Waals surface area contributed by atoms with Gasteiger partial charge in [-0.3, -0.25) is 9.52 Å². The van der Waals surface area contributed by atoms with Gasteiger partial charge in [-0.15, -0.1) is 0 Å². The molecule has 7 heteroatoms. The number of alkyl carbamates (subject to hydrolysis) is 1. The van der Waals surface area contributed by atoms with E-state index >= 15 is 0 Å². The van der Waals surface area contributed by atoms with Crippen LogP contribution in [-0.2, 0) is 20.5 Å². The molecule has 1 aromatic rings. The van der Waals surface area contributed by atoms with E-state index < -0.39 is 34.6 Å². The Labute approximate surface area is 165 Å². The normalized spacial score (nSPS) is 14.0. The van der Waals surface area contributed by atoms with Gasteiger partial charge in [0.2, 0.25) is 0 Å². The molecular weight excluding hydrogens is 364 g/mol. The second kappa shape index (κ2) is 9.88. The van der Waals surface area contributed by atoms with Gasteiger partial charge >= 0.3 is 6.09 Å². The van der Waals surface area contributed by atoms with E-state index in [1.54, 1.807) is 26.8 Å². The highest BCUT2D eigenvalue weighted by atomic mass is 32.2. The van der Waals surface area contributed by atoms with Gasteiger partial charge in [0.25, 0.3) is 5.91 Å². The van der Waals surface area contributed by atoms with Crippen molar-refractivity contribution in [3.8, 4) is 0 Å². The molecule has 0 aliphatic rings. The molecule has 2 atom stereocenters. The summed E-state index contributed by atoms with van der Waals surface area (Å²) in [4.78, 5) is 25.2. The smallest absolute Gasteiger partial charge is 0.408 e. The molecule has 0 spiro atoms. The Morgan fingerprint density at radius 3 is 2.30 bits per heavy atom. The fourth-order valence-electron chi connectivity index (χ4n) is 2.36. The molecular formula is C20H32N2O4S. The largest absolute Gasteiger partial charge is 0.444 e. The van der Waals surface area contributed by atoms with E-state index in [1.165, 1.54) is 0 Å². The van der Waals surface area contributed by atoms with Gasteiger partial charge in [-0.25, -0.2) is 9.00 Å². The lowest BCUT2D eigenvalue weighted by Gasteiger charge is -2.24. The molecule has 1 unspecified atom stereocenters. The van der Waals surface area contributed by atoms with Crippen molar-refractivity contribution < 1.29 is 18.5 Å². The lowest BCUT2D eigenvalue weighted by molar-refractivity contribution is -0.121. The van der Waals surface area contributed by atoms with Crippen LogP contribution in [0.5, 0.6) is 0 Å². The third-order valence-electron chi connectivity index (χ3n) is 3.65. The standard InChI is InChI=1S/C20H32N2O4S/c1-13(2)11-17(21-19(24)26-20(5,6)7)18(23)22-27(25)16-10-8-9-15(12-16)14(3)4/h8-10,12-14,17H,11H2,1-7H3,(H,21,24)(H,22,23)/t17-,27?/m0/s1. The van der Waals surface area contributed by atoms with Crippen LogP contribution in [0, 0.1) is 5.92 Å². The van der Waals surface area contributed by atoms with Crippen molar-refractivity contribution in [2.24, 2.45) is 5.92 Å². The Kier molecular flexibility index (Phi) is 8.47. The number of rotatable bonds is 7. The van der Waals surface area contributed by atoms with Crippen molar-refractivity contribution in [3.05, 3.63) is 29.8 Å². The summed E-state index contributed by atoms with van der Waals surface area (Å²) in [5, 5.41) is 2.58. The van der Waals surface area contributed by atoms with E-state index in [9.17, 15) is 13.8 Å². The molecule has 0 saturated heterocycles. The average Bonchev–Trinajstić information content (AvgIpc) is 2.51. The summed E-state index contributed by atoms with van der Waals surface area (Å²) in [6.45, 7) is 13.2. The number of benzene rings is 1. The van der Waals surface area contributed by atoms with E-state index in [0.717, 1.165) is 5.56 Å². The summed E-state index contributed by atoms with van der Waals surface area (Å²) in [6.07, 6.45) is -0.259. The third-order valence-corrected chi connectivity index (χ3v) is 4.72. The molecule has 0 bridgehead atoms. The van der Waals surface area contributed by atoms with Gasteiger partial charge in [0.1, 0.15) is 11.6 Å². The molecule has 0 fully saturated rings. The van der Waals surface area contributed by atoms with Crippen molar-refractivity contribution in [2.45, 2.75) is 77.3 Å². The van der Waals surface area contributed by atoms with Gasteiger partial charge in [-0.05, 0) is 56.7 Å². The SMILES string of the molecule is CC(C)C[C@H](NC(=O)OC(C)(C)C)C(=O)NS(=O)c1cccc(C(C)C)c1. The lowest BCUT2D eigenvalue weighted by Crippen LogP contribution is -2.49. The van der Waals surface area contributed by atoms with Gasteiger partial charge in [0, 0.05) is 0 Å². The molecule has 0 aliphatic carbocycles. The van der Waals surface area contributed by atoms with Crippen LogP contribution in [0.25, 0.3) is 0 Å². The zero-order valence-electron chi connectivity index (χ0n) is 17.3. The van der Waals surface area contributed by atoms with Crippen LogP contribution in [0.15, 0.2) is 29.2 Å². The fraction of sp³-hybridized carbons (Fsp3) is 0.600. The first-order chi connectivity index (χ1) is 12.4. The zero-order valence-corrected chi connectivity index (χ0v) is 18.1. The van der Waals surface area contributed by atoms with Crippen molar-refractivity contribution in [1.29, 1.82) is 0 Å². The monoisotopic (exact) mass is 396 g/mol. The highest BCUT2D eigenvalue weighted by Crippen LogP contribution is 2.17. The molecule has 152 valence electrons. The Morgan fingerprint density at radius 1 is 1.15 bits per heavy atom. The first-order valence-electron chi connectivity index (χ1n) is 9.20. The number of amides is 2. The zero-order chi connectivity index (χ0) is 20.8. The Morgan fingerprint density at radius 2 is 1.78 bits per heavy atom. The predicted molar refractivity (Wildman–Crippen MR) is 108 cm³/mol. The molecule has 1 aromatic carbocycles. The maximum Gasteiger partial charge on any atom is 0.408 e. The van der Waals surface area contributed by atoms with Gasteiger partial charge in [0.15, 0.2) is 11.0 Å². The number of ether oxygens (including phenoxy) is 1.